The summed E-state index contributed by atoms with van der Waals surface area (Å²) in [5.41, 5.74) is -1.05. The SMILES string of the molecule is C=Cc1c(F)c(F)c(OCC(F)(F)COC)c(F)c1F. The number of rotatable bonds is 6. The summed E-state index contributed by atoms with van der Waals surface area (Å²) in [5, 5.41) is 0. The third-order valence-corrected chi connectivity index (χ3v) is 2.24. The number of ether oxygens (including phenoxy) is 2. The van der Waals surface area contributed by atoms with Gasteiger partial charge >= 0.3 is 5.92 Å². The summed E-state index contributed by atoms with van der Waals surface area (Å²) in [4.78, 5) is 0. The second-order valence-corrected chi connectivity index (χ2v) is 3.78. The maximum Gasteiger partial charge on any atom is 0.304 e. The van der Waals surface area contributed by atoms with Gasteiger partial charge in [0.25, 0.3) is 0 Å². The van der Waals surface area contributed by atoms with Crippen molar-refractivity contribution in [3.63, 3.8) is 0 Å². The summed E-state index contributed by atoms with van der Waals surface area (Å²) in [7, 11) is 0.979. The highest BCUT2D eigenvalue weighted by Crippen LogP contribution is 2.31. The quantitative estimate of drug-likeness (QED) is 0.591. The van der Waals surface area contributed by atoms with Crippen LogP contribution in [0, 0.1) is 23.3 Å². The Bertz CT molecular complexity index is 486. The molecule has 1 aromatic rings. The Hall–Kier alpha value is -1.70. The van der Waals surface area contributed by atoms with Crippen LogP contribution in [-0.4, -0.2) is 26.2 Å². The molecule has 0 radical (unpaired) electrons. The van der Waals surface area contributed by atoms with Crippen molar-refractivity contribution in [2.24, 2.45) is 0 Å². The molecule has 0 aliphatic rings. The molecule has 0 unspecified atom stereocenters. The van der Waals surface area contributed by atoms with E-state index in [0.29, 0.717) is 6.08 Å². The molecule has 0 atom stereocenters. The molecule has 0 aliphatic carbocycles. The number of benzene rings is 1. The molecule has 20 heavy (non-hydrogen) atoms. The van der Waals surface area contributed by atoms with E-state index in [-0.39, 0.29) is 0 Å². The van der Waals surface area contributed by atoms with Crippen LogP contribution in [0.15, 0.2) is 6.58 Å². The van der Waals surface area contributed by atoms with Crippen LogP contribution < -0.4 is 4.74 Å². The van der Waals surface area contributed by atoms with Gasteiger partial charge in [-0.05, 0) is 0 Å². The van der Waals surface area contributed by atoms with Crippen LogP contribution in [0.2, 0.25) is 0 Å². The van der Waals surface area contributed by atoms with Gasteiger partial charge in [-0.25, -0.2) is 17.6 Å². The van der Waals surface area contributed by atoms with Gasteiger partial charge in [0.1, 0.15) is 6.61 Å². The summed E-state index contributed by atoms with van der Waals surface area (Å²) in [6.07, 6.45) is 0.556. The molecule has 0 aromatic heterocycles. The van der Waals surface area contributed by atoms with Crippen molar-refractivity contribution in [1.29, 1.82) is 0 Å². The third kappa shape index (κ3) is 3.24. The molecule has 1 rings (SSSR count). The minimum atomic E-state index is -3.57. The molecule has 0 aliphatic heterocycles. The highest BCUT2D eigenvalue weighted by atomic mass is 19.3. The number of methoxy groups -OCH3 is 1. The second kappa shape index (κ2) is 6.17. The largest absolute Gasteiger partial charge is 0.481 e. The Morgan fingerprint density at radius 2 is 1.50 bits per heavy atom. The van der Waals surface area contributed by atoms with Crippen molar-refractivity contribution >= 4 is 6.08 Å². The van der Waals surface area contributed by atoms with E-state index in [1.807, 2.05) is 0 Å². The molecule has 0 bridgehead atoms. The van der Waals surface area contributed by atoms with Gasteiger partial charge in [0.05, 0.1) is 5.56 Å². The van der Waals surface area contributed by atoms with Crippen LogP contribution in [0.4, 0.5) is 26.3 Å². The van der Waals surface area contributed by atoms with Crippen molar-refractivity contribution in [3.05, 3.63) is 35.4 Å². The Morgan fingerprint density at radius 3 is 1.90 bits per heavy atom. The Balaban J connectivity index is 3.11. The van der Waals surface area contributed by atoms with Crippen LogP contribution in [0.1, 0.15) is 5.56 Å². The normalized spacial score (nSPS) is 11.6. The van der Waals surface area contributed by atoms with Crippen LogP contribution >= 0.6 is 0 Å². The maximum absolute atomic E-state index is 13.4. The van der Waals surface area contributed by atoms with Crippen molar-refractivity contribution in [2.75, 3.05) is 20.3 Å². The lowest BCUT2D eigenvalue weighted by molar-refractivity contribution is -0.0922. The third-order valence-electron chi connectivity index (χ3n) is 2.24. The smallest absolute Gasteiger partial charge is 0.304 e. The van der Waals surface area contributed by atoms with Gasteiger partial charge in [-0.15, -0.1) is 0 Å². The average Bonchev–Trinajstić information content (AvgIpc) is 2.37. The van der Waals surface area contributed by atoms with Crippen LogP contribution in [0.5, 0.6) is 5.75 Å². The van der Waals surface area contributed by atoms with Crippen molar-refractivity contribution < 1.29 is 35.8 Å². The van der Waals surface area contributed by atoms with Crippen molar-refractivity contribution in [1.82, 2.24) is 0 Å². The minimum absolute atomic E-state index is 0.556. The summed E-state index contributed by atoms with van der Waals surface area (Å²) in [6.45, 7) is 0.407. The molecule has 0 heterocycles. The van der Waals surface area contributed by atoms with Crippen LogP contribution in [-0.2, 0) is 4.74 Å². The summed E-state index contributed by atoms with van der Waals surface area (Å²) < 4.78 is 87.8. The molecule has 8 heteroatoms. The molecular weight excluding hydrogens is 290 g/mol. The van der Waals surface area contributed by atoms with E-state index >= 15 is 0 Å². The van der Waals surface area contributed by atoms with Gasteiger partial charge in [-0.3, -0.25) is 0 Å². The average molecular weight is 300 g/mol. The van der Waals surface area contributed by atoms with Gasteiger partial charge < -0.3 is 9.47 Å². The molecule has 0 N–H and O–H groups in total. The number of hydrogen-bond donors (Lipinski definition) is 0. The summed E-state index contributed by atoms with van der Waals surface area (Å²) in [6, 6.07) is 0. The molecular formula is C12H10F6O2. The predicted molar refractivity (Wildman–Crippen MR) is 58.7 cm³/mol. The van der Waals surface area contributed by atoms with E-state index in [1.165, 1.54) is 0 Å². The van der Waals surface area contributed by atoms with Crippen molar-refractivity contribution in [3.8, 4) is 5.75 Å². The standard InChI is InChI=1S/C12H10F6O2/c1-3-6-7(13)9(15)11(10(16)8(6)14)20-5-12(17,18)4-19-2/h3H,1,4-5H2,2H3. The fourth-order valence-electron chi connectivity index (χ4n) is 1.37. The monoisotopic (exact) mass is 300 g/mol. The van der Waals surface area contributed by atoms with Gasteiger partial charge in [-0.1, -0.05) is 12.7 Å². The molecule has 0 amide bonds. The first-order chi connectivity index (χ1) is 9.25. The fourth-order valence-corrected chi connectivity index (χ4v) is 1.37. The lowest BCUT2D eigenvalue weighted by Gasteiger charge is -2.17. The second-order valence-electron chi connectivity index (χ2n) is 3.78. The molecule has 0 fully saturated rings. The van der Waals surface area contributed by atoms with E-state index in [9.17, 15) is 26.3 Å². The lowest BCUT2D eigenvalue weighted by atomic mass is 10.1. The molecule has 2 nitrogen and oxygen atoms in total. The highest BCUT2D eigenvalue weighted by molar-refractivity contribution is 5.51. The van der Waals surface area contributed by atoms with E-state index in [0.717, 1.165) is 7.11 Å². The molecule has 0 saturated carbocycles. The highest BCUT2D eigenvalue weighted by Gasteiger charge is 2.33. The molecule has 112 valence electrons. The van der Waals surface area contributed by atoms with Gasteiger partial charge in [0.2, 0.25) is 11.6 Å². The minimum Gasteiger partial charge on any atom is -0.481 e. The fraction of sp³-hybridized carbons (Fsp3) is 0.333. The zero-order valence-electron chi connectivity index (χ0n) is 10.3. The van der Waals surface area contributed by atoms with E-state index < -0.39 is 53.7 Å². The predicted octanol–water partition coefficient (Wildman–Crippen LogP) is 3.55. The Labute approximate surface area is 110 Å². The van der Waals surface area contributed by atoms with Crippen molar-refractivity contribution in [2.45, 2.75) is 5.92 Å². The zero-order valence-corrected chi connectivity index (χ0v) is 10.3. The Morgan fingerprint density at radius 1 is 1.00 bits per heavy atom. The van der Waals surface area contributed by atoms with Crippen LogP contribution in [0.3, 0.4) is 0 Å². The van der Waals surface area contributed by atoms with Crippen LogP contribution in [0.25, 0.3) is 6.08 Å². The number of hydrogen-bond acceptors (Lipinski definition) is 2. The van der Waals surface area contributed by atoms with Gasteiger partial charge in [0, 0.05) is 7.11 Å². The first kappa shape index (κ1) is 16.4. The number of alkyl halides is 2. The molecule has 0 saturated heterocycles. The molecule has 0 spiro atoms. The lowest BCUT2D eigenvalue weighted by Crippen LogP contribution is -2.31. The van der Waals surface area contributed by atoms with E-state index in [4.69, 9.17) is 0 Å². The Kier molecular flexibility index (Phi) is 5.04. The number of halogens is 6. The zero-order chi connectivity index (χ0) is 15.5. The van der Waals surface area contributed by atoms with Gasteiger partial charge in [-0.2, -0.15) is 8.78 Å². The van der Waals surface area contributed by atoms with E-state index in [2.05, 4.69) is 16.1 Å². The van der Waals surface area contributed by atoms with E-state index in [1.54, 1.807) is 0 Å². The molecule has 1 aromatic carbocycles. The first-order valence-electron chi connectivity index (χ1n) is 5.23. The maximum atomic E-state index is 13.4. The topological polar surface area (TPSA) is 18.5 Å². The summed E-state index contributed by atoms with van der Waals surface area (Å²) in [5.74, 6) is -12.5. The first-order valence-corrected chi connectivity index (χ1v) is 5.23. The van der Waals surface area contributed by atoms with Gasteiger partial charge in [0.15, 0.2) is 24.0 Å². The summed E-state index contributed by atoms with van der Waals surface area (Å²) >= 11 is 0.